The van der Waals surface area contributed by atoms with Gasteiger partial charge in [0, 0.05) is 45.7 Å². The monoisotopic (exact) mass is 388 g/mol. The normalized spacial score (nSPS) is 20.4. The standard InChI is InChI=1S/C20H28N4O4/c1-22-10-11-24(20(22)27)14-18(25)21-16-6-7-19(26)23(9-8-16)13-15-4-3-5-17(12-15)28-2/h3-5,12,16H,6-11,13-14H2,1-2H3,(H,21,25). The maximum Gasteiger partial charge on any atom is 0.320 e. The van der Waals surface area contributed by atoms with Crippen LogP contribution in [0.5, 0.6) is 5.75 Å². The first kappa shape index (κ1) is 20.0. The number of carbonyl (C=O) groups is 3. The third-order valence-corrected chi connectivity index (χ3v) is 5.32. The molecule has 2 aliphatic heterocycles. The predicted octanol–water partition coefficient (Wildman–Crippen LogP) is 1.06. The number of amides is 4. The van der Waals surface area contributed by atoms with Crippen molar-refractivity contribution in [2.24, 2.45) is 0 Å². The Hall–Kier alpha value is -2.77. The second kappa shape index (κ2) is 8.95. The van der Waals surface area contributed by atoms with Crippen LogP contribution >= 0.6 is 0 Å². The van der Waals surface area contributed by atoms with E-state index < -0.39 is 0 Å². The van der Waals surface area contributed by atoms with Crippen molar-refractivity contribution in [2.45, 2.75) is 31.8 Å². The van der Waals surface area contributed by atoms with Crippen LogP contribution in [0.15, 0.2) is 24.3 Å². The fourth-order valence-corrected chi connectivity index (χ4v) is 3.64. The third-order valence-electron chi connectivity index (χ3n) is 5.32. The van der Waals surface area contributed by atoms with Crippen molar-refractivity contribution >= 4 is 17.8 Å². The lowest BCUT2D eigenvalue weighted by atomic mass is 10.1. The number of likely N-dealkylation sites (tertiary alicyclic amines) is 1. The van der Waals surface area contributed by atoms with E-state index in [0.29, 0.717) is 45.4 Å². The van der Waals surface area contributed by atoms with Crippen LogP contribution in [0, 0.1) is 0 Å². The largest absolute Gasteiger partial charge is 0.497 e. The number of ether oxygens (including phenoxy) is 1. The Morgan fingerprint density at radius 1 is 1.18 bits per heavy atom. The highest BCUT2D eigenvalue weighted by Gasteiger charge is 2.28. The van der Waals surface area contributed by atoms with E-state index in [-0.39, 0.29) is 30.4 Å². The summed E-state index contributed by atoms with van der Waals surface area (Å²) >= 11 is 0. The van der Waals surface area contributed by atoms with Gasteiger partial charge >= 0.3 is 6.03 Å². The number of rotatable bonds is 6. The first-order valence-electron chi connectivity index (χ1n) is 9.66. The molecule has 1 N–H and O–H groups in total. The van der Waals surface area contributed by atoms with Crippen LogP contribution in [0.3, 0.4) is 0 Å². The lowest BCUT2D eigenvalue weighted by Crippen LogP contribution is -2.43. The SMILES string of the molecule is COc1cccc(CN2CCC(NC(=O)CN3CCN(C)C3=O)CCC2=O)c1. The van der Waals surface area contributed by atoms with Gasteiger partial charge in [0.05, 0.1) is 7.11 Å². The van der Waals surface area contributed by atoms with Crippen molar-refractivity contribution in [3.8, 4) is 5.75 Å². The number of nitrogens with one attached hydrogen (secondary N) is 1. The molecule has 152 valence electrons. The van der Waals surface area contributed by atoms with Crippen LogP contribution in [0.1, 0.15) is 24.8 Å². The van der Waals surface area contributed by atoms with Crippen LogP contribution in [-0.2, 0) is 16.1 Å². The Morgan fingerprint density at radius 2 is 2.00 bits per heavy atom. The Bertz CT molecular complexity index is 739. The summed E-state index contributed by atoms with van der Waals surface area (Å²) in [5.74, 6) is 0.699. The number of likely N-dealkylation sites (N-methyl/N-ethyl adjacent to an activating group) is 1. The minimum atomic E-state index is -0.164. The number of carbonyl (C=O) groups excluding carboxylic acids is 3. The second-order valence-electron chi connectivity index (χ2n) is 7.38. The van der Waals surface area contributed by atoms with Gasteiger partial charge in [-0.05, 0) is 30.5 Å². The van der Waals surface area contributed by atoms with E-state index >= 15 is 0 Å². The molecule has 8 nitrogen and oxygen atoms in total. The van der Waals surface area contributed by atoms with E-state index in [4.69, 9.17) is 4.74 Å². The maximum atomic E-state index is 12.5. The molecule has 1 aromatic carbocycles. The first-order valence-corrected chi connectivity index (χ1v) is 9.66. The summed E-state index contributed by atoms with van der Waals surface area (Å²) in [5.41, 5.74) is 1.02. The van der Waals surface area contributed by atoms with E-state index in [1.165, 1.54) is 0 Å². The summed E-state index contributed by atoms with van der Waals surface area (Å²) in [4.78, 5) is 41.7. The van der Waals surface area contributed by atoms with Gasteiger partial charge in [-0.2, -0.15) is 0 Å². The molecule has 8 heteroatoms. The van der Waals surface area contributed by atoms with E-state index in [9.17, 15) is 14.4 Å². The van der Waals surface area contributed by atoms with Crippen LogP contribution < -0.4 is 10.1 Å². The Balaban J connectivity index is 1.51. The summed E-state index contributed by atoms with van der Waals surface area (Å²) < 4.78 is 5.24. The zero-order valence-electron chi connectivity index (χ0n) is 16.5. The molecule has 0 spiro atoms. The van der Waals surface area contributed by atoms with Crippen molar-refractivity contribution in [2.75, 3.05) is 40.3 Å². The molecule has 2 aliphatic rings. The molecule has 0 bridgehead atoms. The Morgan fingerprint density at radius 3 is 2.71 bits per heavy atom. The van der Waals surface area contributed by atoms with Gasteiger partial charge in [0.2, 0.25) is 11.8 Å². The lowest BCUT2D eigenvalue weighted by Gasteiger charge is -2.22. The summed E-state index contributed by atoms with van der Waals surface area (Å²) in [7, 11) is 3.35. The lowest BCUT2D eigenvalue weighted by molar-refractivity contribution is -0.131. The van der Waals surface area contributed by atoms with Gasteiger partial charge in [-0.1, -0.05) is 12.1 Å². The molecular weight excluding hydrogens is 360 g/mol. The van der Waals surface area contributed by atoms with Crippen molar-refractivity contribution in [3.63, 3.8) is 0 Å². The average molecular weight is 388 g/mol. The zero-order valence-corrected chi connectivity index (χ0v) is 16.5. The number of hydrogen-bond donors (Lipinski definition) is 1. The van der Waals surface area contributed by atoms with E-state index in [0.717, 1.165) is 11.3 Å². The molecule has 1 atom stereocenters. The molecule has 28 heavy (non-hydrogen) atoms. The minimum Gasteiger partial charge on any atom is -0.497 e. The zero-order chi connectivity index (χ0) is 20.1. The third kappa shape index (κ3) is 4.94. The van der Waals surface area contributed by atoms with Gasteiger partial charge in [0.15, 0.2) is 0 Å². The highest BCUT2D eigenvalue weighted by molar-refractivity contribution is 5.85. The summed E-state index contributed by atoms with van der Waals surface area (Å²) in [6, 6.07) is 7.53. The van der Waals surface area contributed by atoms with E-state index in [1.807, 2.05) is 29.2 Å². The van der Waals surface area contributed by atoms with Crippen LogP contribution in [0.4, 0.5) is 4.79 Å². The Kier molecular flexibility index (Phi) is 6.38. The maximum absolute atomic E-state index is 12.5. The molecule has 2 fully saturated rings. The summed E-state index contributed by atoms with van der Waals surface area (Å²) in [5, 5.41) is 2.99. The number of nitrogens with zero attached hydrogens (tertiary/aromatic N) is 3. The highest BCUT2D eigenvalue weighted by atomic mass is 16.5. The molecule has 2 saturated heterocycles. The van der Waals surface area contributed by atoms with E-state index in [1.54, 1.807) is 24.0 Å². The van der Waals surface area contributed by atoms with Crippen molar-refractivity contribution in [1.29, 1.82) is 0 Å². The summed E-state index contributed by atoms with van der Waals surface area (Å²) in [6.07, 6.45) is 1.72. The molecule has 0 radical (unpaired) electrons. The van der Waals surface area contributed by atoms with Gasteiger partial charge in [0.25, 0.3) is 0 Å². The van der Waals surface area contributed by atoms with Gasteiger partial charge in [0.1, 0.15) is 12.3 Å². The minimum absolute atomic E-state index is 0.0535. The fraction of sp³-hybridized carbons (Fsp3) is 0.550. The van der Waals surface area contributed by atoms with Gasteiger partial charge in [-0.25, -0.2) is 4.79 Å². The smallest absolute Gasteiger partial charge is 0.320 e. The molecular formula is C20H28N4O4. The number of hydrogen-bond acceptors (Lipinski definition) is 4. The molecule has 0 saturated carbocycles. The first-order chi connectivity index (χ1) is 13.5. The van der Waals surface area contributed by atoms with E-state index in [2.05, 4.69) is 5.32 Å². The molecule has 3 rings (SSSR count). The summed E-state index contributed by atoms with van der Waals surface area (Å²) in [6.45, 7) is 2.41. The fourth-order valence-electron chi connectivity index (χ4n) is 3.64. The van der Waals surface area contributed by atoms with Crippen LogP contribution in [0.2, 0.25) is 0 Å². The van der Waals surface area contributed by atoms with Crippen molar-refractivity contribution in [1.82, 2.24) is 20.0 Å². The molecule has 0 aromatic heterocycles. The van der Waals surface area contributed by atoms with Crippen molar-refractivity contribution < 1.29 is 19.1 Å². The topological polar surface area (TPSA) is 82.2 Å². The predicted molar refractivity (Wildman–Crippen MR) is 104 cm³/mol. The number of benzene rings is 1. The van der Waals surface area contributed by atoms with Gasteiger partial charge in [-0.3, -0.25) is 9.59 Å². The number of urea groups is 1. The Labute approximate surface area is 165 Å². The van der Waals surface area contributed by atoms with Crippen LogP contribution in [0.25, 0.3) is 0 Å². The molecule has 1 aromatic rings. The molecule has 2 heterocycles. The van der Waals surface area contributed by atoms with Crippen molar-refractivity contribution in [3.05, 3.63) is 29.8 Å². The van der Waals surface area contributed by atoms with Gasteiger partial charge in [-0.15, -0.1) is 0 Å². The molecule has 0 aliphatic carbocycles. The molecule has 4 amide bonds. The van der Waals surface area contributed by atoms with Gasteiger partial charge < -0.3 is 24.8 Å². The average Bonchev–Trinajstić information content (AvgIpc) is 2.89. The second-order valence-corrected chi connectivity index (χ2v) is 7.38. The molecule has 1 unspecified atom stereocenters. The number of methoxy groups -OCH3 is 1. The quantitative estimate of drug-likeness (QED) is 0.790. The van der Waals surface area contributed by atoms with Crippen LogP contribution in [-0.4, -0.2) is 78.9 Å². The highest BCUT2D eigenvalue weighted by Crippen LogP contribution is 2.18.